The smallest absolute Gasteiger partial charge is 0.137 e. The molecule has 0 aliphatic heterocycles. The van der Waals surface area contributed by atoms with Gasteiger partial charge in [0.05, 0.1) is 11.6 Å². The van der Waals surface area contributed by atoms with Gasteiger partial charge < -0.3 is 14.8 Å². The predicted molar refractivity (Wildman–Crippen MR) is 106 cm³/mol. The highest BCUT2D eigenvalue weighted by Crippen LogP contribution is 2.23. The molecule has 0 aliphatic rings. The number of benzene rings is 2. The zero-order chi connectivity index (χ0) is 17.7. The Morgan fingerprint density at radius 2 is 1.60 bits per heavy atom. The molecule has 0 aromatic heterocycles. The van der Waals surface area contributed by atoms with Crippen LogP contribution >= 0.6 is 11.6 Å². The van der Waals surface area contributed by atoms with Crippen LogP contribution in [0.4, 0.5) is 5.69 Å². The van der Waals surface area contributed by atoms with E-state index in [1.54, 1.807) is 0 Å². The summed E-state index contributed by atoms with van der Waals surface area (Å²) in [6.45, 7) is 4.29. The summed E-state index contributed by atoms with van der Waals surface area (Å²) in [7, 11) is 0. The van der Waals surface area contributed by atoms with E-state index in [1.807, 2.05) is 48.5 Å². The molecule has 0 heterocycles. The van der Waals surface area contributed by atoms with Gasteiger partial charge in [-0.15, -0.1) is 0 Å². The first-order chi connectivity index (χ1) is 12.3. The van der Waals surface area contributed by atoms with Crippen LogP contribution < -0.4 is 14.8 Å². The number of hydrogen-bond acceptors (Lipinski definition) is 3. The largest absolute Gasteiger partial charge is 0.494 e. The average molecular weight is 362 g/mol. The molecule has 25 heavy (non-hydrogen) atoms. The fourth-order valence-corrected chi connectivity index (χ4v) is 2.67. The highest BCUT2D eigenvalue weighted by Gasteiger charge is 2.00. The van der Waals surface area contributed by atoms with Crippen molar-refractivity contribution in [2.45, 2.75) is 39.0 Å². The van der Waals surface area contributed by atoms with Gasteiger partial charge in [-0.25, -0.2) is 0 Å². The number of ether oxygens (including phenoxy) is 2. The van der Waals surface area contributed by atoms with Gasteiger partial charge in [0.1, 0.15) is 18.1 Å². The molecule has 0 amide bonds. The summed E-state index contributed by atoms with van der Waals surface area (Å²) in [5.41, 5.74) is 1.05. The van der Waals surface area contributed by atoms with E-state index in [9.17, 15) is 0 Å². The van der Waals surface area contributed by atoms with Crippen molar-refractivity contribution in [3.05, 3.63) is 53.6 Å². The lowest BCUT2D eigenvalue weighted by Gasteiger charge is -2.10. The van der Waals surface area contributed by atoms with Gasteiger partial charge in [-0.1, -0.05) is 56.3 Å². The lowest BCUT2D eigenvalue weighted by Crippen LogP contribution is -2.11. The fourth-order valence-electron chi connectivity index (χ4n) is 2.48. The number of anilines is 1. The molecule has 1 N–H and O–H groups in total. The summed E-state index contributed by atoms with van der Waals surface area (Å²) in [6.07, 6.45) is 6.27. The molecule has 0 atom stereocenters. The standard InChI is InChI=1S/C21H28ClNO2/c1-2-3-4-5-8-16-24-19-13-11-18(12-14-19)23-15-17-25-21-10-7-6-9-20(21)22/h6-7,9-14,23H,2-5,8,15-17H2,1H3. The molecule has 0 unspecified atom stereocenters. The summed E-state index contributed by atoms with van der Waals surface area (Å²) < 4.78 is 11.4. The van der Waals surface area contributed by atoms with E-state index in [1.165, 1.54) is 25.7 Å². The number of rotatable bonds is 12. The van der Waals surface area contributed by atoms with E-state index in [0.717, 1.165) is 24.5 Å². The minimum atomic E-state index is 0.555. The van der Waals surface area contributed by atoms with E-state index in [0.29, 0.717) is 23.9 Å². The van der Waals surface area contributed by atoms with Crippen LogP contribution in [0.15, 0.2) is 48.5 Å². The first-order valence-electron chi connectivity index (χ1n) is 9.13. The Labute approximate surface area is 156 Å². The van der Waals surface area contributed by atoms with Gasteiger partial charge in [0, 0.05) is 12.2 Å². The number of nitrogens with one attached hydrogen (secondary N) is 1. The molecule has 0 saturated carbocycles. The number of hydrogen-bond donors (Lipinski definition) is 1. The zero-order valence-electron chi connectivity index (χ0n) is 15.0. The second-order valence-electron chi connectivity index (χ2n) is 5.99. The molecule has 136 valence electrons. The summed E-state index contributed by atoms with van der Waals surface area (Å²) in [5, 5.41) is 3.97. The van der Waals surface area contributed by atoms with Gasteiger partial charge in [0.15, 0.2) is 0 Å². The van der Waals surface area contributed by atoms with Crippen molar-refractivity contribution in [2.75, 3.05) is 25.1 Å². The van der Waals surface area contributed by atoms with Crippen LogP contribution in [0.3, 0.4) is 0 Å². The van der Waals surface area contributed by atoms with Gasteiger partial charge in [-0.2, -0.15) is 0 Å². The molecular formula is C21H28ClNO2. The molecule has 2 rings (SSSR count). The van der Waals surface area contributed by atoms with E-state index in [-0.39, 0.29) is 0 Å². The van der Waals surface area contributed by atoms with E-state index in [4.69, 9.17) is 21.1 Å². The molecule has 3 nitrogen and oxygen atoms in total. The number of unbranched alkanes of at least 4 members (excludes halogenated alkanes) is 4. The third kappa shape index (κ3) is 7.70. The third-order valence-corrected chi connectivity index (χ3v) is 4.21. The minimum Gasteiger partial charge on any atom is -0.494 e. The number of halogens is 1. The Bertz CT molecular complexity index is 601. The van der Waals surface area contributed by atoms with Crippen molar-refractivity contribution in [2.24, 2.45) is 0 Å². The summed E-state index contributed by atoms with van der Waals surface area (Å²) in [6, 6.07) is 15.6. The lowest BCUT2D eigenvalue weighted by molar-refractivity contribution is 0.304. The summed E-state index contributed by atoms with van der Waals surface area (Å²) >= 11 is 6.06. The Balaban J connectivity index is 1.61. The molecule has 0 bridgehead atoms. The summed E-state index contributed by atoms with van der Waals surface area (Å²) in [5.74, 6) is 1.64. The molecule has 2 aromatic rings. The van der Waals surface area contributed by atoms with Crippen molar-refractivity contribution in [1.29, 1.82) is 0 Å². The molecule has 2 aromatic carbocycles. The van der Waals surface area contributed by atoms with Crippen LogP contribution in [0.2, 0.25) is 5.02 Å². The lowest BCUT2D eigenvalue weighted by atomic mass is 10.2. The van der Waals surface area contributed by atoms with Crippen LogP contribution in [0, 0.1) is 0 Å². The van der Waals surface area contributed by atoms with Crippen molar-refractivity contribution in [1.82, 2.24) is 0 Å². The maximum Gasteiger partial charge on any atom is 0.137 e. The topological polar surface area (TPSA) is 30.5 Å². The molecule has 0 saturated heterocycles. The number of para-hydroxylation sites is 1. The Kier molecular flexibility index (Phi) is 9.06. The first-order valence-corrected chi connectivity index (χ1v) is 9.51. The average Bonchev–Trinajstić information content (AvgIpc) is 2.64. The molecule has 0 spiro atoms. The quantitative estimate of drug-likeness (QED) is 0.458. The SMILES string of the molecule is CCCCCCCOc1ccc(NCCOc2ccccc2Cl)cc1. The van der Waals surface area contributed by atoms with Gasteiger partial charge >= 0.3 is 0 Å². The Morgan fingerprint density at radius 3 is 2.36 bits per heavy atom. The Hall–Kier alpha value is -1.87. The maximum atomic E-state index is 6.06. The highest BCUT2D eigenvalue weighted by atomic mass is 35.5. The van der Waals surface area contributed by atoms with Gasteiger partial charge in [-0.3, -0.25) is 0 Å². The van der Waals surface area contributed by atoms with E-state index >= 15 is 0 Å². The second-order valence-corrected chi connectivity index (χ2v) is 6.40. The molecule has 0 radical (unpaired) electrons. The third-order valence-electron chi connectivity index (χ3n) is 3.90. The van der Waals surface area contributed by atoms with Gasteiger partial charge in [-0.05, 0) is 42.8 Å². The molecular weight excluding hydrogens is 334 g/mol. The van der Waals surface area contributed by atoms with E-state index < -0.39 is 0 Å². The van der Waals surface area contributed by atoms with Gasteiger partial charge in [0.2, 0.25) is 0 Å². The van der Waals surface area contributed by atoms with Crippen molar-refractivity contribution < 1.29 is 9.47 Å². The first kappa shape index (κ1) is 19.5. The van der Waals surface area contributed by atoms with Crippen LogP contribution in [-0.2, 0) is 0 Å². The predicted octanol–water partition coefficient (Wildman–Crippen LogP) is 6.18. The van der Waals surface area contributed by atoms with Crippen molar-refractivity contribution in [3.63, 3.8) is 0 Å². The zero-order valence-corrected chi connectivity index (χ0v) is 15.7. The normalized spacial score (nSPS) is 10.5. The summed E-state index contributed by atoms with van der Waals surface area (Å²) in [4.78, 5) is 0. The highest BCUT2D eigenvalue weighted by molar-refractivity contribution is 6.32. The second kappa shape index (κ2) is 11.6. The van der Waals surface area contributed by atoms with Crippen molar-refractivity contribution >= 4 is 17.3 Å². The van der Waals surface area contributed by atoms with Crippen LogP contribution in [-0.4, -0.2) is 19.8 Å². The van der Waals surface area contributed by atoms with Crippen LogP contribution in [0.1, 0.15) is 39.0 Å². The Morgan fingerprint density at radius 1 is 0.840 bits per heavy atom. The molecule has 0 fully saturated rings. The monoisotopic (exact) mass is 361 g/mol. The fraction of sp³-hybridized carbons (Fsp3) is 0.429. The van der Waals surface area contributed by atoms with Crippen molar-refractivity contribution in [3.8, 4) is 11.5 Å². The van der Waals surface area contributed by atoms with E-state index in [2.05, 4.69) is 12.2 Å². The maximum absolute atomic E-state index is 6.06. The van der Waals surface area contributed by atoms with Crippen LogP contribution in [0.5, 0.6) is 11.5 Å². The van der Waals surface area contributed by atoms with Gasteiger partial charge in [0.25, 0.3) is 0 Å². The van der Waals surface area contributed by atoms with Crippen LogP contribution in [0.25, 0.3) is 0 Å². The minimum absolute atomic E-state index is 0.555. The molecule has 4 heteroatoms. The molecule has 0 aliphatic carbocycles.